The van der Waals surface area contributed by atoms with Crippen LogP contribution in [0.25, 0.3) is 0 Å². The quantitative estimate of drug-likeness (QED) is 0.792. The lowest BCUT2D eigenvalue weighted by molar-refractivity contribution is -0.149. The molecule has 1 amide bonds. The number of aryl methyl sites for hydroxylation is 1. The Bertz CT molecular complexity index is 530. The Morgan fingerprint density at radius 1 is 1.33 bits per heavy atom. The molecule has 0 fully saturated rings. The monoisotopic (exact) mass is 312 g/mol. The van der Waals surface area contributed by atoms with Gasteiger partial charge in [0.1, 0.15) is 5.54 Å². The second-order valence-electron chi connectivity index (χ2n) is 5.23. The van der Waals surface area contributed by atoms with Gasteiger partial charge in [-0.25, -0.2) is 0 Å². The first-order valence-corrected chi connectivity index (χ1v) is 7.12. The molecule has 0 saturated heterocycles. The summed E-state index contributed by atoms with van der Waals surface area (Å²) in [6, 6.07) is 5.37. The molecule has 0 aliphatic rings. The number of amides is 1. The van der Waals surface area contributed by atoms with E-state index in [2.05, 4.69) is 10.6 Å². The highest BCUT2D eigenvalue weighted by Gasteiger charge is 2.29. The highest BCUT2D eigenvalue weighted by molar-refractivity contribution is 6.33. The number of hydrogen-bond acceptors (Lipinski definition) is 4. The average Bonchev–Trinajstić information content (AvgIpc) is 2.40. The van der Waals surface area contributed by atoms with E-state index in [-0.39, 0.29) is 12.5 Å². The van der Waals surface area contributed by atoms with Gasteiger partial charge < -0.3 is 10.1 Å². The Kier molecular flexibility index (Phi) is 6.18. The van der Waals surface area contributed by atoms with Crippen LogP contribution in [0.4, 0.5) is 5.69 Å². The van der Waals surface area contributed by atoms with Crippen molar-refractivity contribution in [1.82, 2.24) is 5.32 Å². The zero-order valence-electron chi connectivity index (χ0n) is 12.7. The van der Waals surface area contributed by atoms with Gasteiger partial charge in [-0.05, 0) is 45.4 Å². The van der Waals surface area contributed by atoms with Crippen molar-refractivity contribution in [2.24, 2.45) is 0 Å². The summed E-state index contributed by atoms with van der Waals surface area (Å²) < 4.78 is 4.94. The number of esters is 1. The Morgan fingerprint density at radius 2 is 2.00 bits per heavy atom. The maximum atomic E-state index is 11.9. The van der Waals surface area contributed by atoms with Crippen LogP contribution in [0.1, 0.15) is 26.3 Å². The fourth-order valence-electron chi connectivity index (χ4n) is 1.60. The maximum Gasteiger partial charge on any atom is 0.325 e. The SMILES string of the molecule is CCOC(=O)C(C)(C)NCC(=O)Nc1ccc(C)cc1Cl. The lowest BCUT2D eigenvalue weighted by atomic mass is 10.1. The van der Waals surface area contributed by atoms with Crippen molar-refractivity contribution in [2.75, 3.05) is 18.5 Å². The minimum absolute atomic E-state index is 0.0178. The van der Waals surface area contributed by atoms with E-state index >= 15 is 0 Å². The number of anilines is 1. The molecule has 0 radical (unpaired) electrons. The average molecular weight is 313 g/mol. The van der Waals surface area contributed by atoms with Gasteiger partial charge in [-0.2, -0.15) is 0 Å². The number of ether oxygens (including phenoxy) is 1. The van der Waals surface area contributed by atoms with Gasteiger partial charge in [0, 0.05) is 0 Å². The topological polar surface area (TPSA) is 67.4 Å². The third kappa shape index (κ3) is 5.36. The first kappa shape index (κ1) is 17.5. The van der Waals surface area contributed by atoms with Gasteiger partial charge in [0.2, 0.25) is 5.91 Å². The number of benzene rings is 1. The highest BCUT2D eigenvalue weighted by Crippen LogP contribution is 2.22. The fraction of sp³-hybridized carbons (Fsp3) is 0.467. The molecule has 0 unspecified atom stereocenters. The van der Waals surface area contributed by atoms with Gasteiger partial charge in [0.15, 0.2) is 0 Å². The number of hydrogen-bond donors (Lipinski definition) is 2. The molecule has 0 heterocycles. The first-order chi connectivity index (χ1) is 9.76. The Balaban J connectivity index is 2.56. The summed E-state index contributed by atoms with van der Waals surface area (Å²) in [5, 5.41) is 6.04. The van der Waals surface area contributed by atoms with Gasteiger partial charge in [0.25, 0.3) is 0 Å². The first-order valence-electron chi connectivity index (χ1n) is 6.74. The molecule has 116 valence electrons. The van der Waals surface area contributed by atoms with E-state index in [1.807, 2.05) is 13.0 Å². The summed E-state index contributed by atoms with van der Waals surface area (Å²) in [6.45, 7) is 7.26. The molecular formula is C15H21ClN2O3. The number of nitrogens with one attached hydrogen (secondary N) is 2. The largest absolute Gasteiger partial charge is 0.465 e. The van der Waals surface area contributed by atoms with Crippen LogP contribution in [0.2, 0.25) is 5.02 Å². The Labute approximate surface area is 130 Å². The molecule has 0 bridgehead atoms. The number of carbonyl (C=O) groups is 2. The summed E-state index contributed by atoms with van der Waals surface area (Å²) in [4.78, 5) is 23.6. The van der Waals surface area contributed by atoms with Crippen molar-refractivity contribution in [3.63, 3.8) is 0 Å². The lowest BCUT2D eigenvalue weighted by Crippen LogP contribution is -2.50. The predicted octanol–water partition coefficient (Wildman–Crippen LogP) is 2.52. The van der Waals surface area contributed by atoms with Crippen LogP contribution >= 0.6 is 11.6 Å². The van der Waals surface area contributed by atoms with E-state index in [9.17, 15) is 9.59 Å². The Morgan fingerprint density at radius 3 is 2.57 bits per heavy atom. The van der Waals surface area contributed by atoms with Crippen LogP contribution in [0.3, 0.4) is 0 Å². The van der Waals surface area contributed by atoms with Crippen LogP contribution in [-0.2, 0) is 14.3 Å². The van der Waals surface area contributed by atoms with Crippen LogP contribution in [0.15, 0.2) is 18.2 Å². The number of carbonyl (C=O) groups excluding carboxylic acids is 2. The van der Waals surface area contributed by atoms with Crippen LogP contribution in [-0.4, -0.2) is 30.6 Å². The molecule has 0 spiro atoms. The van der Waals surface area contributed by atoms with Gasteiger partial charge in [-0.3, -0.25) is 14.9 Å². The molecule has 0 aromatic heterocycles. The number of rotatable bonds is 6. The van der Waals surface area contributed by atoms with Crippen molar-refractivity contribution in [3.05, 3.63) is 28.8 Å². The summed E-state index contributed by atoms with van der Waals surface area (Å²) >= 11 is 6.05. The molecule has 1 aromatic rings. The second-order valence-corrected chi connectivity index (χ2v) is 5.64. The molecule has 0 aliphatic carbocycles. The molecule has 0 saturated carbocycles. The second kappa shape index (κ2) is 7.43. The van der Waals surface area contributed by atoms with E-state index in [0.29, 0.717) is 17.3 Å². The van der Waals surface area contributed by atoms with Crippen LogP contribution in [0.5, 0.6) is 0 Å². The molecule has 1 rings (SSSR count). The van der Waals surface area contributed by atoms with Crippen molar-refractivity contribution < 1.29 is 14.3 Å². The van der Waals surface area contributed by atoms with Gasteiger partial charge in [0.05, 0.1) is 23.9 Å². The minimum Gasteiger partial charge on any atom is -0.465 e. The Hall–Kier alpha value is -1.59. The molecule has 1 aromatic carbocycles. The number of halogens is 1. The van der Waals surface area contributed by atoms with Crippen molar-refractivity contribution in [1.29, 1.82) is 0 Å². The van der Waals surface area contributed by atoms with E-state index in [1.165, 1.54) is 0 Å². The van der Waals surface area contributed by atoms with Gasteiger partial charge in [-0.15, -0.1) is 0 Å². The molecule has 0 aliphatic heterocycles. The fourth-order valence-corrected chi connectivity index (χ4v) is 1.88. The van der Waals surface area contributed by atoms with E-state index < -0.39 is 11.5 Å². The molecule has 5 nitrogen and oxygen atoms in total. The van der Waals surface area contributed by atoms with E-state index in [4.69, 9.17) is 16.3 Å². The summed E-state index contributed by atoms with van der Waals surface area (Å²) in [5.41, 5.74) is 0.632. The standard InChI is InChI=1S/C15H21ClN2O3/c1-5-21-14(20)15(3,4)17-9-13(19)18-12-7-6-10(2)8-11(12)16/h6-8,17H,5,9H2,1-4H3,(H,18,19). The third-order valence-electron chi connectivity index (χ3n) is 2.88. The van der Waals surface area contributed by atoms with E-state index in [0.717, 1.165) is 5.56 Å². The molecule has 6 heteroatoms. The third-order valence-corrected chi connectivity index (χ3v) is 3.19. The van der Waals surface area contributed by atoms with Crippen LogP contribution in [0, 0.1) is 6.92 Å². The van der Waals surface area contributed by atoms with Crippen LogP contribution < -0.4 is 10.6 Å². The van der Waals surface area contributed by atoms with E-state index in [1.54, 1.807) is 32.9 Å². The normalized spacial score (nSPS) is 11.1. The lowest BCUT2D eigenvalue weighted by Gasteiger charge is -2.23. The minimum atomic E-state index is -0.926. The zero-order chi connectivity index (χ0) is 16.0. The van der Waals surface area contributed by atoms with Gasteiger partial charge in [-0.1, -0.05) is 17.7 Å². The molecule has 21 heavy (non-hydrogen) atoms. The van der Waals surface area contributed by atoms with Crippen molar-refractivity contribution >= 4 is 29.2 Å². The molecular weight excluding hydrogens is 292 g/mol. The molecule has 2 N–H and O–H groups in total. The van der Waals surface area contributed by atoms with Crippen molar-refractivity contribution in [2.45, 2.75) is 33.2 Å². The summed E-state index contributed by atoms with van der Waals surface area (Å²) in [7, 11) is 0. The predicted molar refractivity (Wildman–Crippen MR) is 83.5 cm³/mol. The maximum absolute atomic E-state index is 11.9. The smallest absolute Gasteiger partial charge is 0.325 e. The summed E-state index contributed by atoms with van der Waals surface area (Å²) in [6.07, 6.45) is 0. The zero-order valence-corrected chi connectivity index (χ0v) is 13.5. The van der Waals surface area contributed by atoms with Crippen molar-refractivity contribution in [3.8, 4) is 0 Å². The highest BCUT2D eigenvalue weighted by atomic mass is 35.5. The molecule has 0 atom stereocenters. The summed E-state index contributed by atoms with van der Waals surface area (Å²) in [5.74, 6) is -0.677. The van der Waals surface area contributed by atoms with Gasteiger partial charge >= 0.3 is 5.97 Å².